The fraction of sp³-hybridized carbons (Fsp3) is 0.870. The standard InChI is InChI=1S/C46H86O/c1-4-7-10-12-14-16-18-20-22-24-26-28-30-32-34-36-38-43-41-44(39-9-6-3)46(47)45(42-43)40-37-35-33-31-29-27-25-23-21-19-17-15-13-11-8-5-2/h41-42,47H,4-40H2,1-3H3. The van der Waals surface area contributed by atoms with E-state index in [9.17, 15) is 5.11 Å². The van der Waals surface area contributed by atoms with E-state index in [1.807, 2.05) is 0 Å². The lowest BCUT2D eigenvalue weighted by Gasteiger charge is -2.14. The summed E-state index contributed by atoms with van der Waals surface area (Å²) in [4.78, 5) is 0. The molecular weight excluding hydrogens is 569 g/mol. The maximum absolute atomic E-state index is 11.1. The molecule has 0 aliphatic rings. The number of phenols is 1. The van der Waals surface area contributed by atoms with Gasteiger partial charge in [0.15, 0.2) is 0 Å². The van der Waals surface area contributed by atoms with Gasteiger partial charge in [0.25, 0.3) is 0 Å². The molecule has 0 amide bonds. The molecule has 0 aliphatic carbocycles. The number of benzene rings is 1. The molecule has 1 nitrogen and oxygen atoms in total. The number of unbranched alkanes of at least 4 members (excludes halogenated alkanes) is 31. The Morgan fingerprint density at radius 1 is 0.298 bits per heavy atom. The number of phenolic OH excluding ortho intramolecular Hbond substituents is 1. The van der Waals surface area contributed by atoms with Crippen LogP contribution in [0.1, 0.15) is 256 Å². The summed E-state index contributed by atoms with van der Waals surface area (Å²) in [5.74, 6) is 0.620. The van der Waals surface area contributed by atoms with Gasteiger partial charge in [-0.25, -0.2) is 0 Å². The van der Waals surface area contributed by atoms with Crippen LogP contribution in [0.3, 0.4) is 0 Å². The summed E-state index contributed by atoms with van der Waals surface area (Å²) in [6.07, 6.45) is 51.0. The molecule has 0 atom stereocenters. The van der Waals surface area contributed by atoms with Gasteiger partial charge in [-0.05, 0) is 55.2 Å². The minimum absolute atomic E-state index is 0.620. The van der Waals surface area contributed by atoms with E-state index in [0.717, 1.165) is 12.8 Å². The summed E-state index contributed by atoms with van der Waals surface area (Å²) in [6.45, 7) is 6.87. The van der Waals surface area contributed by atoms with Gasteiger partial charge >= 0.3 is 0 Å². The van der Waals surface area contributed by atoms with Gasteiger partial charge < -0.3 is 5.11 Å². The van der Waals surface area contributed by atoms with Crippen molar-refractivity contribution < 1.29 is 5.11 Å². The first-order chi connectivity index (χ1) is 23.2. The Hall–Kier alpha value is -0.980. The van der Waals surface area contributed by atoms with Crippen LogP contribution in [0, 0.1) is 0 Å². The maximum atomic E-state index is 11.1. The van der Waals surface area contributed by atoms with Gasteiger partial charge in [0.05, 0.1) is 0 Å². The Balaban J connectivity index is 2.13. The molecule has 1 heteroatoms. The molecule has 0 spiro atoms. The Morgan fingerprint density at radius 2 is 0.532 bits per heavy atom. The molecule has 1 aromatic rings. The lowest BCUT2D eigenvalue weighted by atomic mass is 9.94. The Labute approximate surface area is 297 Å². The lowest BCUT2D eigenvalue weighted by Crippen LogP contribution is -1.97. The normalized spacial score (nSPS) is 11.6. The summed E-state index contributed by atoms with van der Waals surface area (Å²) < 4.78 is 0. The second-order valence-electron chi connectivity index (χ2n) is 15.5. The number of aryl methyl sites for hydroxylation is 3. The molecule has 1 N–H and O–H groups in total. The van der Waals surface area contributed by atoms with E-state index in [4.69, 9.17) is 0 Å². The minimum atomic E-state index is 0.620. The predicted molar refractivity (Wildman–Crippen MR) is 213 cm³/mol. The van der Waals surface area contributed by atoms with Crippen molar-refractivity contribution in [3.8, 4) is 5.75 Å². The van der Waals surface area contributed by atoms with Gasteiger partial charge in [-0.2, -0.15) is 0 Å². The fourth-order valence-electron chi connectivity index (χ4n) is 7.47. The summed E-state index contributed by atoms with van der Waals surface area (Å²) in [7, 11) is 0. The van der Waals surface area contributed by atoms with Crippen molar-refractivity contribution >= 4 is 0 Å². The maximum Gasteiger partial charge on any atom is 0.121 e. The quantitative estimate of drug-likeness (QED) is 0.0708. The molecule has 0 unspecified atom stereocenters. The van der Waals surface area contributed by atoms with Crippen LogP contribution in [0.5, 0.6) is 5.75 Å². The van der Waals surface area contributed by atoms with Crippen LogP contribution in [-0.2, 0) is 19.3 Å². The van der Waals surface area contributed by atoms with E-state index in [2.05, 4.69) is 32.9 Å². The van der Waals surface area contributed by atoms with Crippen LogP contribution in [-0.4, -0.2) is 5.11 Å². The SMILES string of the molecule is CCCCCCCCCCCCCCCCCCc1cc(CCCC)c(O)c(CCCCCCCCCCCCCCCCCC)c1. The molecule has 0 saturated heterocycles. The van der Waals surface area contributed by atoms with Gasteiger partial charge in [-0.1, -0.05) is 232 Å². The van der Waals surface area contributed by atoms with E-state index in [1.165, 1.54) is 241 Å². The van der Waals surface area contributed by atoms with E-state index in [-0.39, 0.29) is 0 Å². The molecule has 0 heterocycles. The zero-order valence-corrected chi connectivity index (χ0v) is 32.8. The first-order valence-corrected chi connectivity index (χ1v) is 22.1. The second-order valence-corrected chi connectivity index (χ2v) is 15.5. The number of aromatic hydroxyl groups is 1. The molecule has 47 heavy (non-hydrogen) atoms. The molecule has 0 aliphatic heterocycles. The first-order valence-electron chi connectivity index (χ1n) is 22.1. The zero-order valence-electron chi connectivity index (χ0n) is 32.8. The van der Waals surface area contributed by atoms with Crippen LogP contribution in [0.25, 0.3) is 0 Å². The number of hydrogen-bond acceptors (Lipinski definition) is 1. The summed E-state index contributed by atoms with van der Waals surface area (Å²) in [6, 6.07) is 4.70. The highest BCUT2D eigenvalue weighted by Crippen LogP contribution is 2.29. The van der Waals surface area contributed by atoms with E-state index >= 15 is 0 Å². The molecule has 1 rings (SSSR count). The third-order valence-corrected chi connectivity index (χ3v) is 10.7. The number of rotatable bonds is 37. The second kappa shape index (κ2) is 34.9. The lowest BCUT2D eigenvalue weighted by molar-refractivity contribution is 0.457. The highest BCUT2D eigenvalue weighted by atomic mass is 16.3. The van der Waals surface area contributed by atoms with Crippen LogP contribution < -0.4 is 0 Å². The third kappa shape index (κ3) is 27.5. The van der Waals surface area contributed by atoms with Crippen molar-refractivity contribution in [3.05, 3.63) is 28.8 Å². The molecule has 276 valence electrons. The van der Waals surface area contributed by atoms with Crippen LogP contribution in [0.15, 0.2) is 12.1 Å². The van der Waals surface area contributed by atoms with Gasteiger partial charge in [-0.3, -0.25) is 0 Å². The number of hydrogen-bond donors (Lipinski definition) is 1. The molecular formula is C46H86O. The van der Waals surface area contributed by atoms with Crippen molar-refractivity contribution in [1.29, 1.82) is 0 Å². The van der Waals surface area contributed by atoms with Crippen LogP contribution in [0.2, 0.25) is 0 Å². The van der Waals surface area contributed by atoms with Gasteiger partial charge in [0.2, 0.25) is 0 Å². The topological polar surface area (TPSA) is 20.2 Å². The Bertz CT molecular complexity index is 767. The van der Waals surface area contributed by atoms with E-state index in [1.54, 1.807) is 0 Å². The molecule has 0 saturated carbocycles. The highest BCUT2D eigenvalue weighted by Gasteiger charge is 2.10. The molecule has 0 aromatic heterocycles. The van der Waals surface area contributed by atoms with Crippen LogP contribution in [0.4, 0.5) is 0 Å². The van der Waals surface area contributed by atoms with Crippen molar-refractivity contribution in [2.45, 2.75) is 258 Å². The van der Waals surface area contributed by atoms with Crippen molar-refractivity contribution in [2.24, 2.45) is 0 Å². The summed E-state index contributed by atoms with van der Waals surface area (Å²) in [5.41, 5.74) is 3.92. The zero-order chi connectivity index (χ0) is 33.9. The first kappa shape index (κ1) is 44.0. The Kier molecular flexibility index (Phi) is 32.7. The predicted octanol–water partition coefficient (Wildman–Crippen LogP) is 16.3. The van der Waals surface area contributed by atoms with E-state index in [0.29, 0.717) is 5.75 Å². The molecule has 0 radical (unpaired) electrons. The summed E-state index contributed by atoms with van der Waals surface area (Å²) >= 11 is 0. The molecule has 1 aromatic carbocycles. The van der Waals surface area contributed by atoms with Crippen molar-refractivity contribution in [2.75, 3.05) is 0 Å². The fourth-order valence-corrected chi connectivity index (χ4v) is 7.47. The average Bonchev–Trinajstić information content (AvgIpc) is 3.08. The monoisotopic (exact) mass is 655 g/mol. The van der Waals surface area contributed by atoms with Crippen molar-refractivity contribution in [3.63, 3.8) is 0 Å². The Morgan fingerprint density at radius 3 is 0.830 bits per heavy atom. The van der Waals surface area contributed by atoms with Gasteiger partial charge in [0, 0.05) is 0 Å². The largest absolute Gasteiger partial charge is 0.507 e. The smallest absolute Gasteiger partial charge is 0.121 e. The van der Waals surface area contributed by atoms with Gasteiger partial charge in [-0.15, -0.1) is 0 Å². The molecule has 0 bridgehead atoms. The third-order valence-electron chi connectivity index (χ3n) is 10.7. The minimum Gasteiger partial charge on any atom is -0.507 e. The highest BCUT2D eigenvalue weighted by molar-refractivity contribution is 5.44. The van der Waals surface area contributed by atoms with Gasteiger partial charge in [0.1, 0.15) is 5.75 Å². The van der Waals surface area contributed by atoms with Crippen LogP contribution >= 0.6 is 0 Å². The van der Waals surface area contributed by atoms with E-state index < -0.39 is 0 Å². The molecule has 0 fully saturated rings. The van der Waals surface area contributed by atoms with Crippen molar-refractivity contribution in [1.82, 2.24) is 0 Å². The average molecular weight is 655 g/mol. The summed E-state index contributed by atoms with van der Waals surface area (Å²) in [5, 5.41) is 11.1.